The van der Waals surface area contributed by atoms with Crippen molar-refractivity contribution in [2.45, 2.75) is 33.1 Å². The predicted octanol–water partition coefficient (Wildman–Crippen LogP) is 2.05. The summed E-state index contributed by atoms with van der Waals surface area (Å²) in [7, 11) is 0. The molecule has 2 heteroatoms. The zero-order valence-electron chi connectivity index (χ0n) is 9.01. The van der Waals surface area contributed by atoms with Gasteiger partial charge in [0.2, 0.25) is 0 Å². The van der Waals surface area contributed by atoms with Crippen molar-refractivity contribution in [1.29, 1.82) is 0 Å². The van der Waals surface area contributed by atoms with E-state index in [1.165, 1.54) is 19.4 Å². The second kappa shape index (κ2) is 6.39. The fraction of sp³-hybridized carbons (Fsp3) is 1.00. The Labute approximate surface area is 82.0 Å². The minimum absolute atomic E-state index is 0.839. The molecule has 1 fully saturated rings. The van der Waals surface area contributed by atoms with Crippen LogP contribution in [-0.4, -0.2) is 26.3 Å². The molecule has 1 aliphatic carbocycles. The predicted molar refractivity (Wildman–Crippen MR) is 55.9 cm³/mol. The maximum absolute atomic E-state index is 5.57. The van der Waals surface area contributed by atoms with Gasteiger partial charge in [0, 0.05) is 13.2 Å². The lowest BCUT2D eigenvalue weighted by Crippen LogP contribution is -2.37. The Bertz CT molecular complexity index is 127. The average Bonchev–Trinajstić information content (AvgIpc) is 2.11. The molecular formula is C11H23NO. The van der Waals surface area contributed by atoms with Crippen molar-refractivity contribution in [2.75, 3.05) is 26.3 Å². The molecule has 1 aliphatic rings. The third-order valence-electron chi connectivity index (χ3n) is 2.91. The van der Waals surface area contributed by atoms with E-state index in [4.69, 9.17) is 4.74 Å². The van der Waals surface area contributed by atoms with Crippen molar-refractivity contribution in [2.24, 2.45) is 11.8 Å². The van der Waals surface area contributed by atoms with Crippen molar-refractivity contribution in [3.05, 3.63) is 0 Å². The van der Waals surface area contributed by atoms with Crippen LogP contribution in [0.4, 0.5) is 0 Å². The summed E-state index contributed by atoms with van der Waals surface area (Å²) >= 11 is 0. The quantitative estimate of drug-likeness (QED) is 0.613. The minimum Gasteiger partial charge on any atom is -0.381 e. The van der Waals surface area contributed by atoms with Gasteiger partial charge in [-0.05, 0) is 44.2 Å². The molecule has 0 radical (unpaired) electrons. The first-order valence-corrected chi connectivity index (χ1v) is 5.66. The molecule has 0 aromatic heterocycles. The van der Waals surface area contributed by atoms with Gasteiger partial charge in [0.05, 0.1) is 0 Å². The third kappa shape index (κ3) is 3.65. The Morgan fingerprint density at radius 2 is 2.00 bits per heavy atom. The van der Waals surface area contributed by atoms with Gasteiger partial charge in [-0.3, -0.25) is 0 Å². The fourth-order valence-electron chi connectivity index (χ4n) is 1.83. The Balaban J connectivity index is 1.99. The van der Waals surface area contributed by atoms with E-state index in [1.54, 1.807) is 0 Å². The molecule has 0 bridgehead atoms. The Morgan fingerprint density at radius 1 is 1.23 bits per heavy atom. The van der Waals surface area contributed by atoms with Gasteiger partial charge in [-0.1, -0.05) is 13.8 Å². The molecule has 0 aromatic rings. The van der Waals surface area contributed by atoms with Crippen LogP contribution in [0.3, 0.4) is 0 Å². The molecule has 1 saturated carbocycles. The van der Waals surface area contributed by atoms with Crippen molar-refractivity contribution in [3.63, 3.8) is 0 Å². The smallest absolute Gasteiger partial charge is 0.0497 e. The van der Waals surface area contributed by atoms with Crippen molar-refractivity contribution in [1.82, 2.24) is 5.32 Å². The van der Waals surface area contributed by atoms with Crippen molar-refractivity contribution in [3.8, 4) is 0 Å². The summed E-state index contributed by atoms with van der Waals surface area (Å²) in [6.07, 6.45) is 3.91. The van der Waals surface area contributed by atoms with Crippen LogP contribution in [0, 0.1) is 11.8 Å². The largest absolute Gasteiger partial charge is 0.381 e. The lowest BCUT2D eigenvalue weighted by molar-refractivity contribution is 0.0324. The average molecular weight is 185 g/mol. The molecule has 1 rings (SSSR count). The van der Waals surface area contributed by atoms with E-state index in [-0.39, 0.29) is 0 Å². The monoisotopic (exact) mass is 185 g/mol. The second-order valence-corrected chi connectivity index (χ2v) is 3.98. The summed E-state index contributed by atoms with van der Waals surface area (Å²) in [5, 5.41) is 3.42. The summed E-state index contributed by atoms with van der Waals surface area (Å²) < 4.78 is 5.57. The standard InChI is InChI=1S/C11H23NO/c1-3-7-13-9-11-6-5-10(11)8-12-4-2/h10-12H,3-9H2,1-2H3. The first kappa shape index (κ1) is 11.0. The molecule has 0 spiro atoms. The molecule has 13 heavy (non-hydrogen) atoms. The van der Waals surface area contributed by atoms with Crippen LogP contribution in [-0.2, 0) is 4.74 Å². The van der Waals surface area contributed by atoms with Gasteiger partial charge in [0.15, 0.2) is 0 Å². The van der Waals surface area contributed by atoms with Crippen LogP contribution in [0.15, 0.2) is 0 Å². The third-order valence-corrected chi connectivity index (χ3v) is 2.91. The zero-order chi connectivity index (χ0) is 9.52. The summed E-state index contributed by atoms with van der Waals surface area (Å²) in [5.41, 5.74) is 0. The topological polar surface area (TPSA) is 21.3 Å². The fourth-order valence-corrected chi connectivity index (χ4v) is 1.83. The molecule has 78 valence electrons. The van der Waals surface area contributed by atoms with Crippen LogP contribution >= 0.6 is 0 Å². The van der Waals surface area contributed by atoms with Gasteiger partial charge in [-0.15, -0.1) is 0 Å². The lowest BCUT2D eigenvalue weighted by Gasteiger charge is -2.36. The van der Waals surface area contributed by atoms with Gasteiger partial charge >= 0.3 is 0 Å². The molecule has 0 amide bonds. The van der Waals surface area contributed by atoms with Crippen LogP contribution in [0.1, 0.15) is 33.1 Å². The Morgan fingerprint density at radius 3 is 2.54 bits per heavy atom. The van der Waals surface area contributed by atoms with E-state index in [1.807, 2.05) is 0 Å². The normalized spacial score (nSPS) is 27.2. The molecule has 0 aliphatic heterocycles. The highest BCUT2D eigenvalue weighted by Gasteiger charge is 2.29. The van der Waals surface area contributed by atoms with E-state index >= 15 is 0 Å². The van der Waals surface area contributed by atoms with Gasteiger partial charge in [0.25, 0.3) is 0 Å². The second-order valence-electron chi connectivity index (χ2n) is 3.98. The number of hydrogen-bond acceptors (Lipinski definition) is 2. The van der Waals surface area contributed by atoms with Gasteiger partial charge in [0.1, 0.15) is 0 Å². The van der Waals surface area contributed by atoms with Crippen LogP contribution < -0.4 is 5.32 Å². The number of nitrogens with one attached hydrogen (secondary N) is 1. The highest BCUT2D eigenvalue weighted by molar-refractivity contribution is 4.81. The van der Waals surface area contributed by atoms with E-state index in [9.17, 15) is 0 Å². The van der Waals surface area contributed by atoms with Gasteiger partial charge < -0.3 is 10.1 Å². The van der Waals surface area contributed by atoms with Gasteiger partial charge in [-0.2, -0.15) is 0 Å². The molecule has 2 unspecified atom stereocenters. The molecule has 2 nitrogen and oxygen atoms in total. The number of hydrogen-bond donors (Lipinski definition) is 1. The molecule has 2 atom stereocenters. The number of rotatable bonds is 7. The molecule has 0 aromatic carbocycles. The summed E-state index contributed by atoms with van der Waals surface area (Å²) in [6.45, 7) is 8.54. The lowest BCUT2D eigenvalue weighted by atomic mass is 9.74. The Kier molecular flexibility index (Phi) is 5.40. The van der Waals surface area contributed by atoms with Crippen molar-refractivity contribution >= 4 is 0 Å². The summed E-state index contributed by atoms with van der Waals surface area (Å²) in [5.74, 6) is 1.72. The van der Waals surface area contributed by atoms with Gasteiger partial charge in [-0.25, -0.2) is 0 Å². The van der Waals surface area contributed by atoms with Crippen LogP contribution in [0.5, 0.6) is 0 Å². The van der Waals surface area contributed by atoms with Crippen LogP contribution in [0.2, 0.25) is 0 Å². The van der Waals surface area contributed by atoms with Crippen molar-refractivity contribution < 1.29 is 4.74 Å². The SMILES string of the molecule is CCCOCC1CCC1CNCC. The molecule has 1 N–H and O–H groups in total. The highest BCUT2D eigenvalue weighted by atomic mass is 16.5. The summed E-state index contributed by atoms with van der Waals surface area (Å²) in [4.78, 5) is 0. The van der Waals surface area contributed by atoms with E-state index in [0.717, 1.165) is 38.0 Å². The van der Waals surface area contributed by atoms with E-state index < -0.39 is 0 Å². The number of ether oxygens (including phenoxy) is 1. The minimum atomic E-state index is 0.839. The maximum Gasteiger partial charge on any atom is 0.0497 e. The molecule has 0 heterocycles. The first-order valence-electron chi connectivity index (χ1n) is 5.66. The first-order chi connectivity index (χ1) is 6.38. The zero-order valence-corrected chi connectivity index (χ0v) is 9.01. The van der Waals surface area contributed by atoms with E-state index in [2.05, 4.69) is 19.2 Å². The molecule has 0 saturated heterocycles. The Hall–Kier alpha value is -0.0800. The maximum atomic E-state index is 5.57. The van der Waals surface area contributed by atoms with Crippen LogP contribution in [0.25, 0.3) is 0 Å². The molecular weight excluding hydrogens is 162 g/mol. The van der Waals surface area contributed by atoms with E-state index in [0.29, 0.717) is 0 Å². The summed E-state index contributed by atoms with van der Waals surface area (Å²) in [6, 6.07) is 0. The highest BCUT2D eigenvalue weighted by Crippen LogP contribution is 2.33.